The van der Waals surface area contributed by atoms with Crippen molar-refractivity contribution in [2.75, 3.05) is 30.9 Å². The van der Waals surface area contributed by atoms with Crippen molar-refractivity contribution in [1.82, 2.24) is 4.90 Å². The van der Waals surface area contributed by atoms with Gasteiger partial charge in [0.15, 0.2) is 16.4 Å². The maximum absolute atomic E-state index is 12.1. The lowest BCUT2D eigenvalue weighted by Gasteiger charge is -2.25. The van der Waals surface area contributed by atoms with E-state index in [4.69, 9.17) is 9.47 Å². The fraction of sp³-hybridized carbons (Fsp3) is 0.500. The van der Waals surface area contributed by atoms with Gasteiger partial charge in [-0.2, -0.15) is 0 Å². The molecule has 0 bridgehead atoms. The minimum atomic E-state index is -3.08. The van der Waals surface area contributed by atoms with Gasteiger partial charge < -0.3 is 14.4 Å². The van der Waals surface area contributed by atoms with Crippen molar-refractivity contribution in [3.05, 3.63) is 24.3 Å². The fourth-order valence-electron chi connectivity index (χ4n) is 2.75. The van der Waals surface area contributed by atoms with E-state index in [2.05, 4.69) is 0 Å². The van der Waals surface area contributed by atoms with Gasteiger partial charge in [-0.15, -0.1) is 11.8 Å². The van der Waals surface area contributed by atoms with Crippen LogP contribution in [0.15, 0.2) is 29.2 Å². The molecule has 1 aromatic rings. The van der Waals surface area contributed by atoms with E-state index in [0.717, 1.165) is 4.90 Å². The monoisotopic (exact) mass is 385 g/mol. The molecule has 3 rings (SSSR count). The number of sulfone groups is 1. The van der Waals surface area contributed by atoms with Crippen LogP contribution in [-0.2, 0) is 24.2 Å². The van der Waals surface area contributed by atoms with Gasteiger partial charge in [0.05, 0.1) is 11.5 Å². The second-order valence-electron chi connectivity index (χ2n) is 6.03. The van der Waals surface area contributed by atoms with E-state index in [1.54, 1.807) is 6.07 Å². The number of para-hydroxylation sites is 1. The number of carbonyl (C=O) groups excluding carboxylic acids is 2. The highest BCUT2D eigenvalue weighted by Crippen LogP contribution is 2.35. The number of amides is 1. The molecule has 1 amide bonds. The van der Waals surface area contributed by atoms with Crippen LogP contribution < -0.4 is 4.74 Å². The lowest BCUT2D eigenvalue weighted by Crippen LogP contribution is -2.42. The van der Waals surface area contributed by atoms with Crippen LogP contribution in [0.2, 0.25) is 0 Å². The van der Waals surface area contributed by atoms with E-state index >= 15 is 0 Å². The van der Waals surface area contributed by atoms with Crippen molar-refractivity contribution >= 4 is 33.5 Å². The molecule has 7 nitrogen and oxygen atoms in total. The molecule has 25 heavy (non-hydrogen) atoms. The number of benzene rings is 1. The maximum Gasteiger partial charge on any atom is 0.348 e. The number of rotatable bonds is 4. The first kappa shape index (κ1) is 18.1. The minimum Gasteiger partial charge on any atom is -0.477 e. The lowest BCUT2D eigenvalue weighted by atomic mass is 10.2. The molecular weight excluding hydrogens is 366 g/mol. The number of fused-ring (bicyclic) bond motifs is 1. The summed E-state index contributed by atoms with van der Waals surface area (Å²) in [6.45, 7) is -0.419. The molecule has 0 saturated carbocycles. The summed E-state index contributed by atoms with van der Waals surface area (Å²) < 4.78 is 33.7. The van der Waals surface area contributed by atoms with Gasteiger partial charge in [0.1, 0.15) is 5.75 Å². The minimum absolute atomic E-state index is 0.0393. The first-order chi connectivity index (χ1) is 11.9. The van der Waals surface area contributed by atoms with Crippen LogP contribution in [-0.4, -0.2) is 68.3 Å². The number of ether oxygens (including phenoxy) is 2. The van der Waals surface area contributed by atoms with Crippen LogP contribution in [0.3, 0.4) is 0 Å². The number of carbonyl (C=O) groups is 2. The Morgan fingerprint density at radius 2 is 2.12 bits per heavy atom. The highest BCUT2D eigenvalue weighted by Gasteiger charge is 2.34. The summed E-state index contributed by atoms with van der Waals surface area (Å²) in [5.74, 6) is 0.0764. The van der Waals surface area contributed by atoms with E-state index in [1.807, 2.05) is 18.2 Å². The third kappa shape index (κ3) is 4.27. The van der Waals surface area contributed by atoms with Crippen LogP contribution in [0.5, 0.6) is 5.75 Å². The molecule has 0 N–H and O–H groups in total. The van der Waals surface area contributed by atoms with Crippen molar-refractivity contribution in [2.24, 2.45) is 0 Å². The zero-order valence-corrected chi connectivity index (χ0v) is 15.3. The molecule has 0 radical (unpaired) electrons. The van der Waals surface area contributed by atoms with Gasteiger partial charge in [-0.3, -0.25) is 4.79 Å². The number of likely N-dealkylation sites (N-methyl/N-ethyl adjacent to an activating group) is 1. The number of thioether (sulfide) groups is 1. The Morgan fingerprint density at radius 1 is 1.36 bits per heavy atom. The number of esters is 1. The molecule has 0 aliphatic carbocycles. The Kier molecular flexibility index (Phi) is 5.24. The summed E-state index contributed by atoms with van der Waals surface area (Å²) in [6.07, 6.45) is -0.345. The van der Waals surface area contributed by atoms with Crippen molar-refractivity contribution in [2.45, 2.75) is 23.5 Å². The molecule has 9 heteroatoms. The van der Waals surface area contributed by atoms with Crippen molar-refractivity contribution in [3.63, 3.8) is 0 Å². The maximum atomic E-state index is 12.1. The van der Waals surface area contributed by atoms with Crippen LogP contribution in [0.4, 0.5) is 0 Å². The van der Waals surface area contributed by atoms with Crippen molar-refractivity contribution in [1.29, 1.82) is 0 Å². The van der Waals surface area contributed by atoms with Gasteiger partial charge in [0, 0.05) is 23.7 Å². The standard InChI is InChI=1S/C16H19NO6S2/c1-17(11-6-7-25(20,21)10-11)15(18)8-22-16(19)13-9-24-14-5-3-2-4-12(14)23-13/h2-5,11,13H,6-10H2,1H3/t11-,13+/m1/s1. The first-order valence-corrected chi connectivity index (χ1v) is 10.7. The largest absolute Gasteiger partial charge is 0.477 e. The Morgan fingerprint density at radius 3 is 2.84 bits per heavy atom. The van der Waals surface area contributed by atoms with Gasteiger partial charge in [-0.1, -0.05) is 12.1 Å². The number of hydrogen-bond donors (Lipinski definition) is 0. The Labute approximate surface area is 150 Å². The van der Waals surface area contributed by atoms with Gasteiger partial charge in [-0.25, -0.2) is 13.2 Å². The summed E-state index contributed by atoms with van der Waals surface area (Å²) in [6, 6.07) is 7.05. The molecule has 2 aliphatic heterocycles. The highest BCUT2D eigenvalue weighted by molar-refractivity contribution is 7.99. The van der Waals surface area contributed by atoms with E-state index in [9.17, 15) is 18.0 Å². The Hall–Kier alpha value is -1.74. The molecule has 2 atom stereocenters. The molecule has 0 spiro atoms. The molecule has 2 heterocycles. The molecule has 2 aliphatic rings. The summed E-state index contributed by atoms with van der Waals surface area (Å²) in [7, 11) is -1.54. The average molecular weight is 385 g/mol. The molecule has 136 valence electrons. The van der Waals surface area contributed by atoms with E-state index in [1.165, 1.54) is 23.7 Å². The Bertz CT molecular complexity index is 779. The van der Waals surface area contributed by atoms with Gasteiger partial charge in [-0.05, 0) is 18.6 Å². The molecule has 1 aromatic carbocycles. The summed E-state index contributed by atoms with van der Waals surface area (Å²) in [5, 5.41) is 0. The molecule has 1 saturated heterocycles. The average Bonchev–Trinajstić information content (AvgIpc) is 2.98. The topological polar surface area (TPSA) is 90.0 Å². The zero-order chi connectivity index (χ0) is 18.0. The zero-order valence-electron chi connectivity index (χ0n) is 13.7. The van der Waals surface area contributed by atoms with Gasteiger partial charge >= 0.3 is 5.97 Å². The predicted octanol–water partition coefficient (Wildman–Crippen LogP) is 0.728. The molecule has 0 unspecified atom stereocenters. The van der Waals surface area contributed by atoms with Crippen LogP contribution in [0, 0.1) is 0 Å². The SMILES string of the molecule is CN(C(=O)COC(=O)[C@@H]1CSc2ccccc2O1)[C@@H]1CCS(=O)(=O)C1. The van der Waals surface area contributed by atoms with Crippen LogP contribution in [0.25, 0.3) is 0 Å². The molecule has 1 fully saturated rings. The number of hydrogen-bond acceptors (Lipinski definition) is 7. The lowest BCUT2D eigenvalue weighted by molar-refractivity contribution is -0.157. The first-order valence-electron chi connectivity index (χ1n) is 7.87. The third-order valence-electron chi connectivity index (χ3n) is 4.26. The quantitative estimate of drug-likeness (QED) is 0.706. The predicted molar refractivity (Wildman–Crippen MR) is 92.4 cm³/mol. The third-order valence-corrected chi connectivity index (χ3v) is 7.13. The molecule has 0 aromatic heterocycles. The van der Waals surface area contributed by atoms with E-state index < -0.39 is 34.4 Å². The van der Waals surface area contributed by atoms with Crippen molar-refractivity contribution < 1.29 is 27.5 Å². The second-order valence-corrected chi connectivity index (χ2v) is 9.32. The summed E-state index contributed by atoms with van der Waals surface area (Å²) in [5.41, 5.74) is 0. The van der Waals surface area contributed by atoms with Crippen LogP contribution in [0.1, 0.15) is 6.42 Å². The Balaban J connectivity index is 1.50. The number of nitrogens with zero attached hydrogens (tertiary/aromatic N) is 1. The second kappa shape index (κ2) is 7.25. The van der Waals surface area contributed by atoms with E-state index in [0.29, 0.717) is 17.9 Å². The fourth-order valence-corrected chi connectivity index (χ4v) is 5.49. The summed E-state index contributed by atoms with van der Waals surface area (Å²) in [4.78, 5) is 26.6. The van der Waals surface area contributed by atoms with Gasteiger partial charge in [0.25, 0.3) is 5.91 Å². The normalized spacial score (nSPS) is 24.0. The van der Waals surface area contributed by atoms with Gasteiger partial charge in [0.2, 0.25) is 6.10 Å². The summed E-state index contributed by atoms with van der Waals surface area (Å²) >= 11 is 1.50. The van der Waals surface area contributed by atoms with E-state index in [-0.39, 0.29) is 17.5 Å². The molecular formula is C16H19NO6S2. The van der Waals surface area contributed by atoms with Crippen molar-refractivity contribution in [3.8, 4) is 5.75 Å². The highest BCUT2D eigenvalue weighted by atomic mass is 32.2. The smallest absolute Gasteiger partial charge is 0.348 e. The van der Waals surface area contributed by atoms with Crippen LogP contribution >= 0.6 is 11.8 Å².